The van der Waals surface area contributed by atoms with Crippen molar-refractivity contribution in [3.05, 3.63) is 59.3 Å². The molecule has 1 aliphatic heterocycles. The fourth-order valence-electron chi connectivity index (χ4n) is 3.07. The molecule has 26 heavy (non-hydrogen) atoms. The van der Waals surface area contributed by atoms with E-state index in [0.29, 0.717) is 30.4 Å². The average molecular weight is 359 g/mol. The zero-order chi connectivity index (χ0) is 18.5. The Morgan fingerprint density at radius 3 is 2.88 bits per heavy atom. The number of hydrogen-bond acceptors (Lipinski definition) is 3. The lowest BCUT2D eigenvalue weighted by atomic mass is 10.1. The van der Waals surface area contributed by atoms with Gasteiger partial charge in [-0.1, -0.05) is 12.1 Å². The zero-order valence-corrected chi connectivity index (χ0v) is 15.0. The molecule has 1 aliphatic rings. The van der Waals surface area contributed by atoms with E-state index in [1.165, 1.54) is 12.1 Å². The van der Waals surface area contributed by atoms with E-state index in [9.17, 15) is 8.78 Å². The summed E-state index contributed by atoms with van der Waals surface area (Å²) in [7, 11) is 1.70. The van der Waals surface area contributed by atoms with Crippen molar-refractivity contribution in [2.45, 2.75) is 25.9 Å². The number of rotatable bonds is 4. The fraction of sp³-hybridized carbons (Fsp3) is 0.368. The molecular weight excluding hydrogens is 336 g/mol. The van der Waals surface area contributed by atoms with Crippen LogP contribution in [-0.4, -0.2) is 37.1 Å². The third kappa shape index (κ3) is 4.28. The molecule has 1 atom stereocenters. The summed E-state index contributed by atoms with van der Waals surface area (Å²) in [4.78, 5) is 10.3. The van der Waals surface area contributed by atoms with Gasteiger partial charge in [-0.15, -0.1) is 0 Å². The smallest absolute Gasteiger partial charge is 0.191 e. The van der Waals surface area contributed by atoms with Gasteiger partial charge in [-0.3, -0.25) is 4.99 Å². The quantitative estimate of drug-likeness (QED) is 0.651. The van der Waals surface area contributed by atoms with E-state index in [4.69, 9.17) is 0 Å². The van der Waals surface area contributed by atoms with Gasteiger partial charge in [0.25, 0.3) is 0 Å². The zero-order valence-electron chi connectivity index (χ0n) is 15.0. The molecule has 0 spiro atoms. The minimum absolute atomic E-state index is 0.151. The number of nitrogens with one attached hydrogen (secondary N) is 2. The number of halogens is 2. The molecule has 1 saturated heterocycles. The van der Waals surface area contributed by atoms with Gasteiger partial charge in [0.2, 0.25) is 0 Å². The predicted molar refractivity (Wildman–Crippen MR) is 99.3 cm³/mol. The number of pyridine rings is 1. The summed E-state index contributed by atoms with van der Waals surface area (Å²) in [6, 6.07) is 8.21. The van der Waals surface area contributed by atoms with Crippen molar-refractivity contribution in [2.75, 3.05) is 25.0 Å². The van der Waals surface area contributed by atoms with Crippen molar-refractivity contribution in [1.29, 1.82) is 0 Å². The van der Waals surface area contributed by atoms with Crippen molar-refractivity contribution in [1.82, 2.24) is 15.6 Å². The van der Waals surface area contributed by atoms with E-state index >= 15 is 0 Å². The maximum Gasteiger partial charge on any atom is 0.191 e. The summed E-state index contributed by atoms with van der Waals surface area (Å²) in [5.41, 5.74) is 1.60. The second-order valence-corrected chi connectivity index (χ2v) is 6.39. The lowest BCUT2D eigenvalue weighted by molar-refractivity contribution is 0.612. The lowest BCUT2D eigenvalue weighted by Gasteiger charge is -2.20. The number of nitrogens with zero attached hydrogens (tertiary/aromatic N) is 3. The molecular formula is C19H23F2N5. The van der Waals surface area contributed by atoms with E-state index in [-0.39, 0.29) is 17.7 Å². The highest BCUT2D eigenvalue weighted by Gasteiger charge is 2.25. The maximum absolute atomic E-state index is 13.9. The van der Waals surface area contributed by atoms with Crippen LogP contribution in [0.15, 0.2) is 41.5 Å². The second kappa shape index (κ2) is 8.12. The molecule has 5 nitrogen and oxygen atoms in total. The molecule has 0 aliphatic carbocycles. The fourth-order valence-corrected chi connectivity index (χ4v) is 3.07. The SMILES string of the molecule is CN=C(NCc1ccc(F)c(C)c1)NC1CCN(c2ncccc2F)C1. The lowest BCUT2D eigenvalue weighted by Crippen LogP contribution is -2.44. The molecule has 0 amide bonds. The summed E-state index contributed by atoms with van der Waals surface area (Å²) < 4.78 is 27.2. The topological polar surface area (TPSA) is 52.6 Å². The van der Waals surface area contributed by atoms with Gasteiger partial charge in [-0.2, -0.15) is 0 Å². The van der Waals surface area contributed by atoms with Gasteiger partial charge in [-0.25, -0.2) is 13.8 Å². The van der Waals surface area contributed by atoms with Crippen LogP contribution in [0.1, 0.15) is 17.5 Å². The third-order valence-electron chi connectivity index (χ3n) is 4.47. The summed E-state index contributed by atoms with van der Waals surface area (Å²) in [5, 5.41) is 6.59. The average Bonchev–Trinajstić information content (AvgIpc) is 3.10. The Labute approximate surface area is 152 Å². The molecule has 1 unspecified atom stereocenters. The first-order valence-corrected chi connectivity index (χ1v) is 8.64. The van der Waals surface area contributed by atoms with Gasteiger partial charge >= 0.3 is 0 Å². The molecule has 2 aromatic rings. The van der Waals surface area contributed by atoms with Crippen LogP contribution in [0, 0.1) is 18.6 Å². The predicted octanol–water partition coefficient (Wildman–Crippen LogP) is 2.61. The molecule has 1 aromatic carbocycles. The summed E-state index contributed by atoms with van der Waals surface area (Å²) in [6.07, 6.45) is 2.47. The van der Waals surface area contributed by atoms with Crippen LogP contribution in [-0.2, 0) is 6.54 Å². The Hall–Kier alpha value is -2.70. The van der Waals surface area contributed by atoms with Gasteiger partial charge in [-0.05, 0) is 42.7 Å². The number of aryl methyl sites for hydroxylation is 1. The molecule has 2 heterocycles. The van der Waals surface area contributed by atoms with Crippen LogP contribution in [0.2, 0.25) is 0 Å². The van der Waals surface area contributed by atoms with Crippen molar-refractivity contribution in [2.24, 2.45) is 4.99 Å². The molecule has 7 heteroatoms. The van der Waals surface area contributed by atoms with E-state index in [0.717, 1.165) is 18.5 Å². The highest BCUT2D eigenvalue weighted by Crippen LogP contribution is 2.20. The number of aromatic nitrogens is 1. The van der Waals surface area contributed by atoms with E-state index in [1.807, 2.05) is 11.0 Å². The van der Waals surface area contributed by atoms with Crippen LogP contribution in [0.4, 0.5) is 14.6 Å². The molecule has 3 rings (SSSR count). The Morgan fingerprint density at radius 2 is 2.15 bits per heavy atom. The number of hydrogen-bond donors (Lipinski definition) is 2. The largest absolute Gasteiger partial charge is 0.352 e. The van der Waals surface area contributed by atoms with Gasteiger partial charge in [0.1, 0.15) is 5.82 Å². The minimum atomic E-state index is -0.303. The normalized spacial score (nSPS) is 17.5. The summed E-state index contributed by atoms with van der Waals surface area (Å²) in [6.45, 7) is 3.69. The third-order valence-corrected chi connectivity index (χ3v) is 4.47. The van der Waals surface area contributed by atoms with Crippen molar-refractivity contribution >= 4 is 11.8 Å². The summed E-state index contributed by atoms with van der Waals surface area (Å²) >= 11 is 0. The van der Waals surface area contributed by atoms with Gasteiger partial charge < -0.3 is 15.5 Å². The monoisotopic (exact) mass is 359 g/mol. The number of benzene rings is 1. The number of anilines is 1. The van der Waals surface area contributed by atoms with Crippen LogP contribution in [0.3, 0.4) is 0 Å². The van der Waals surface area contributed by atoms with E-state index in [2.05, 4.69) is 20.6 Å². The molecule has 2 N–H and O–H groups in total. The van der Waals surface area contributed by atoms with E-state index in [1.54, 1.807) is 32.3 Å². The van der Waals surface area contributed by atoms with Gasteiger partial charge in [0.05, 0.1) is 0 Å². The molecule has 138 valence electrons. The van der Waals surface area contributed by atoms with Crippen LogP contribution >= 0.6 is 0 Å². The highest BCUT2D eigenvalue weighted by atomic mass is 19.1. The first-order valence-electron chi connectivity index (χ1n) is 8.64. The molecule has 1 aromatic heterocycles. The Bertz CT molecular complexity index is 793. The standard InChI is InChI=1S/C19H23F2N5/c1-13-10-14(5-6-16(13)20)11-24-19(22-2)25-15-7-9-26(12-15)18-17(21)4-3-8-23-18/h3-6,8,10,15H,7,9,11-12H2,1-2H3,(H2,22,24,25). The second-order valence-electron chi connectivity index (χ2n) is 6.39. The Balaban J connectivity index is 1.54. The van der Waals surface area contributed by atoms with Gasteiger partial charge in [0.15, 0.2) is 17.6 Å². The summed E-state index contributed by atoms with van der Waals surface area (Å²) in [5.74, 6) is 0.549. The minimum Gasteiger partial charge on any atom is -0.352 e. The first-order chi connectivity index (χ1) is 12.6. The van der Waals surface area contributed by atoms with Crippen molar-refractivity contribution in [3.63, 3.8) is 0 Å². The van der Waals surface area contributed by atoms with Crippen LogP contribution in [0.25, 0.3) is 0 Å². The number of guanidine groups is 1. The Kier molecular flexibility index (Phi) is 5.65. The Morgan fingerprint density at radius 1 is 1.31 bits per heavy atom. The first kappa shape index (κ1) is 18.1. The molecule has 0 saturated carbocycles. The molecule has 0 radical (unpaired) electrons. The number of aliphatic imine (C=N–C) groups is 1. The molecule has 1 fully saturated rings. The highest BCUT2D eigenvalue weighted by molar-refractivity contribution is 5.80. The maximum atomic E-state index is 13.9. The molecule has 0 bridgehead atoms. The van der Waals surface area contributed by atoms with Gasteiger partial charge in [0, 0.05) is 38.9 Å². The van der Waals surface area contributed by atoms with E-state index < -0.39 is 0 Å². The van der Waals surface area contributed by atoms with Crippen molar-refractivity contribution < 1.29 is 8.78 Å². The van der Waals surface area contributed by atoms with Crippen LogP contribution < -0.4 is 15.5 Å². The van der Waals surface area contributed by atoms with Crippen LogP contribution in [0.5, 0.6) is 0 Å². The van der Waals surface area contributed by atoms with Crippen molar-refractivity contribution in [3.8, 4) is 0 Å².